The first-order valence-corrected chi connectivity index (χ1v) is 6.53. The second-order valence-corrected chi connectivity index (χ2v) is 4.64. The predicted molar refractivity (Wildman–Crippen MR) is 80.3 cm³/mol. The third kappa shape index (κ3) is 3.44. The number of esters is 1. The van der Waals surface area contributed by atoms with Crippen LogP contribution in [0.3, 0.4) is 0 Å². The molecule has 0 fully saturated rings. The van der Waals surface area contributed by atoms with Gasteiger partial charge in [-0.05, 0) is 19.1 Å². The van der Waals surface area contributed by atoms with Crippen LogP contribution in [0.1, 0.15) is 17.5 Å². The fourth-order valence-electron chi connectivity index (χ4n) is 1.85. The number of ether oxygens (including phenoxy) is 1. The number of Topliss-reactive ketones (excluding diaryl/α,β-unsaturated/α-hetero) is 1. The SMILES string of the molecule is CC(N)=C(C#N)C(=O)COC(=O)c1cc(=O)c2ccccc2o1. The summed E-state index contributed by atoms with van der Waals surface area (Å²) in [6.07, 6.45) is 0. The highest BCUT2D eigenvalue weighted by Crippen LogP contribution is 2.12. The molecule has 0 aliphatic carbocycles. The van der Waals surface area contributed by atoms with Crippen molar-refractivity contribution in [3.8, 4) is 6.07 Å². The molecule has 2 aromatic rings. The molecule has 1 heterocycles. The first-order valence-electron chi connectivity index (χ1n) is 6.53. The Morgan fingerprint density at radius 3 is 2.70 bits per heavy atom. The molecule has 0 saturated heterocycles. The van der Waals surface area contributed by atoms with Gasteiger partial charge in [-0.1, -0.05) is 12.1 Å². The van der Waals surface area contributed by atoms with Crippen LogP contribution in [-0.4, -0.2) is 18.4 Å². The zero-order valence-electron chi connectivity index (χ0n) is 12.2. The highest BCUT2D eigenvalue weighted by Gasteiger charge is 2.18. The second kappa shape index (κ2) is 6.58. The Balaban J connectivity index is 2.19. The number of carbonyl (C=O) groups is 2. The molecule has 0 radical (unpaired) electrons. The molecule has 0 unspecified atom stereocenters. The van der Waals surface area contributed by atoms with E-state index < -0.39 is 23.8 Å². The van der Waals surface area contributed by atoms with Crippen molar-refractivity contribution in [2.45, 2.75) is 6.92 Å². The maximum absolute atomic E-state index is 11.9. The second-order valence-electron chi connectivity index (χ2n) is 4.64. The van der Waals surface area contributed by atoms with Gasteiger partial charge < -0.3 is 14.9 Å². The van der Waals surface area contributed by atoms with Crippen molar-refractivity contribution in [1.29, 1.82) is 5.26 Å². The van der Waals surface area contributed by atoms with Crippen LogP contribution in [0.2, 0.25) is 0 Å². The van der Waals surface area contributed by atoms with Gasteiger partial charge >= 0.3 is 5.97 Å². The first-order chi connectivity index (χ1) is 10.9. The number of nitrogens with zero attached hydrogens (tertiary/aromatic N) is 1. The van der Waals surface area contributed by atoms with Crippen molar-refractivity contribution < 1.29 is 18.7 Å². The summed E-state index contributed by atoms with van der Waals surface area (Å²) in [6.45, 7) is 0.716. The fraction of sp³-hybridized carbons (Fsp3) is 0.125. The molecule has 0 aliphatic heterocycles. The highest BCUT2D eigenvalue weighted by molar-refractivity contribution is 6.02. The minimum atomic E-state index is -0.979. The van der Waals surface area contributed by atoms with E-state index in [-0.39, 0.29) is 22.6 Å². The number of benzene rings is 1. The summed E-state index contributed by atoms with van der Waals surface area (Å²) in [6, 6.07) is 9.05. The van der Waals surface area contributed by atoms with E-state index in [2.05, 4.69) is 0 Å². The monoisotopic (exact) mass is 312 g/mol. The number of hydrogen-bond acceptors (Lipinski definition) is 7. The van der Waals surface area contributed by atoms with Crippen LogP contribution in [0.4, 0.5) is 0 Å². The smallest absolute Gasteiger partial charge is 0.374 e. The van der Waals surface area contributed by atoms with Crippen molar-refractivity contribution in [1.82, 2.24) is 0 Å². The number of ketones is 1. The number of carbonyl (C=O) groups excluding carboxylic acids is 2. The number of hydrogen-bond donors (Lipinski definition) is 1. The van der Waals surface area contributed by atoms with E-state index in [1.165, 1.54) is 13.0 Å². The summed E-state index contributed by atoms with van der Waals surface area (Å²) in [5, 5.41) is 9.12. The lowest BCUT2D eigenvalue weighted by Gasteiger charge is -2.04. The number of fused-ring (bicyclic) bond motifs is 1. The highest BCUT2D eigenvalue weighted by atomic mass is 16.5. The minimum Gasteiger partial charge on any atom is -0.451 e. The number of para-hydroxylation sites is 1. The van der Waals surface area contributed by atoms with Gasteiger partial charge in [0.15, 0.2) is 12.0 Å². The van der Waals surface area contributed by atoms with Gasteiger partial charge in [-0.2, -0.15) is 5.26 Å². The Morgan fingerprint density at radius 2 is 2.04 bits per heavy atom. The molecule has 2 N–H and O–H groups in total. The van der Waals surface area contributed by atoms with E-state index in [4.69, 9.17) is 20.1 Å². The van der Waals surface area contributed by atoms with Gasteiger partial charge in [0.2, 0.25) is 11.5 Å². The van der Waals surface area contributed by atoms with E-state index in [0.29, 0.717) is 5.39 Å². The average Bonchev–Trinajstić information content (AvgIpc) is 2.52. The molecule has 23 heavy (non-hydrogen) atoms. The molecule has 2 rings (SSSR count). The van der Waals surface area contributed by atoms with Crippen LogP contribution in [0.25, 0.3) is 11.0 Å². The predicted octanol–water partition coefficient (Wildman–Crippen LogP) is 1.28. The number of nitriles is 1. The van der Waals surface area contributed by atoms with Crippen molar-refractivity contribution in [2.24, 2.45) is 5.73 Å². The van der Waals surface area contributed by atoms with Crippen molar-refractivity contribution >= 4 is 22.7 Å². The van der Waals surface area contributed by atoms with Gasteiger partial charge in [0.25, 0.3) is 0 Å². The van der Waals surface area contributed by atoms with E-state index in [1.807, 2.05) is 0 Å². The lowest BCUT2D eigenvalue weighted by atomic mass is 10.1. The minimum absolute atomic E-state index is 0.0331. The van der Waals surface area contributed by atoms with Crippen LogP contribution < -0.4 is 11.2 Å². The summed E-state index contributed by atoms with van der Waals surface area (Å²) in [4.78, 5) is 35.5. The van der Waals surface area contributed by atoms with Gasteiger partial charge in [0.1, 0.15) is 17.2 Å². The topological polar surface area (TPSA) is 123 Å². The van der Waals surface area contributed by atoms with Crippen LogP contribution in [0.15, 0.2) is 50.8 Å². The first kappa shape index (κ1) is 16.0. The molecule has 0 aliphatic rings. The molecule has 116 valence electrons. The summed E-state index contributed by atoms with van der Waals surface area (Å²) in [5.74, 6) is -2.04. The van der Waals surface area contributed by atoms with Crippen molar-refractivity contribution in [3.05, 3.63) is 57.6 Å². The molecule has 0 saturated carbocycles. The lowest BCUT2D eigenvalue weighted by molar-refractivity contribution is -0.118. The Bertz CT molecular complexity index is 914. The largest absolute Gasteiger partial charge is 0.451 e. The normalized spacial score (nSPS) is 11.5. The van der Waals surface area contributed by atoms with E-state index in [1.54, 1.807) is 24.3 Å². The van der Waals surface area contributed by atoms with Crippen LogP contribution in [0, 0.1) is 11.3 Å². The fourth-order valence-corrected chi connectivity index (χ4v) is 1.85. The third-order valence-corrected chi connectivity index (χ3v) is 2.96. The number of allylic oxidation sites excluding steroid dienone is 1. The van der Waals surface area contributed by atoms with Gasteiger partial charge in [-0.3, -0.25) is 9.59 Å². The standard InChI is InChI=1S/C16H12N2O5/c1-9(18)11(7-17)13(20)8-22-16(21)15-6-12(19)10-4-2-3-5-14(10)23-15/h2-6H,8,18H2,1H3. The maximum atomic E-state index is 11.9. The van der Waals surface area contributed by atoms with Crippen LogP contribution in [-0.2, 0) is 9.53 Å². The Morgan fingerprint density at radius 1 is 1.35 bits per heavy atom. The van der Waals surface area contributed by atoms with Gasteiger partial charge in [0.05, 0.1) is 5.39 Å². The van der Waals surface area contributed by atoms with E-state index >= 15 is 0 Å². The third-order valence-electron chi connectivity index (χ3n) is 2.96. The summed E-state index contributed by atoms with van der Waals surface area (Å²) in [7, 11) is 0. The molecule has 7 heteroatoms. The molecule has 0 amide bonds. The molecular weight excluding hydrogens is 300 g/mol. The Kier molecular flexibility index (Phi) is 4.57. The Labute approximate surface area is 130 Å². The summed E-state index contributed by atoms with van der Waals surface area (Å²) in [5.41, 5.74) is 4.96. The zero-order chi connectivity index (χ0) is 17.0. The Hall–Kier alpha value is -3.40. The van der Waals surface area contributed by atoms with Crippen molar-refractivity contribution in [3.63, 3.8) is 0 Å². The van der Waals surface area contributed by atoms with Crippen LogP contribution >= 0.6 is 0 Å². The molecule has 1 aromatic heterocycles. The molecule has 1 aromatic carbocycles. The average molecular weight is 312 g/mol. The van der Waals surface area contributed by atoms with E-state index in [9.17, 15) is 14.4 Å². The molecule has 0 bridgehead atoms. The van der Waals surface area contributed by atoms with Gasteiger partial charge in [-0.25, -0.2) is 4.79 Å². The quantitative estimate of drug-likeness (QED) is 0.512. The lowest BCUT2D eigenvalue weighted by Crippen LogP contribution is -2.18. The van der Waals surface area contributed by atoms with Crippen LogP contribution in [0.5, 0.6) is 0 Å². The number of rotatable bonds is 4. The number of nitrogens with two attached hydrogens (primary N) is 1. The van der Waals surface area contributed by atoms with Gasteiger partial charge in [-0.15, -0.1) is 0 Å². The van der Waals surface area contributed by atoms with Gasteiger partial charge in [0, 0.05) is 11.8 Å². The summed E-state index contributed by atoms with van der Waals surface area (Å²) >= 11 is 0. The molecular formula is C16H12N2O5. The zero-order valence-corrected chi connectivity index (χ0v) is 12.2. The van der Waals surface area contributed by atoms with E-state index in [0.717, 1.165) is 6.07 Å². The molecule has 7 nitrogen and oxygen atoms in total. The summed E-state index contributed by atoms with van der Waals surface area (Å²) < 4.78 is 10.0. The van der Waals surface area contributed by atoms with Crippen molar-refractivity contribution in [2.75, 3.05) is 6.61 Å². The molecule has 0 spiro atoms. The molecule has 0 atom stereocenters. The maximum Gasteiger partial charge on any atom is 0.374 e.